The van der Waals surface area contributed by atoms with Crippen molar-refractivity contribution in [3.63, 3.8) is 0 Å². The summed E-state index contributed by atoms with van der Waals surface area (Å²) in [7, 11) is 0. The van der Waals surface area contributed by atoms with Crippen LogP contribution >= 0.6 is 34.8 Å². The third kappa shape index (κ3) is 2.89. The van der Waals surface area contributed by atoms with Crippen molar-refractivity contribution in [2.45, 2.75) is 37.0 Å². The highest BCUT2D eigenvalue weighted by Gasteiger charge is 2.46. The molecule has 104 valence electrons. The average molecular weight is 328 g/mol. The van der Waals surface area contributed by atoms with E-state index < -0.39 is 5.41 Å². The lowest BCUT2D eigenvalue weighted by molar-refractivity contribution is 0.728. The first-order valence-corrected chi connectivity index (χ1v) is 7.73. The highest BCUT2D eigenvalue weighted by atomic mass is 35.5. The number of hydrogen-bond donors (Lipinski definition) is 0. The first-order valence-electron chi connectivity index (χ1n) is 6.44. The third-order valence-electron chi connectivity index (χ3n) is 3.72. The van der Waals surface area contributed by atoms with Crippen LogP contribution in [0.5, 0.6) is 0 Å². The molecule has 0 amide bonds. The summed E-state index contributed by atoms with van der Waals surface area (Å²) in [4.78, 5) is 0. The Balaban J connectivity index is 2.42. The summed E-state index contributed by atoms with van der Waals surface area (Å²) in [6, 6.07) is 8.07. The van der Waals surface area contributed by atoms with Crippen LogP contribution in [0.25, 0.3) is 0 Å². The molecule has 0 heterocycles. The topological polar surface area (TPSA) is 47.6 Å². The summed E-state index contributed by atoms with van der Waals surface area (Å²) in [6.07, 6.45) is 3.02. The second-order valence-electron chi connectivity index (χ2n) is 5.06. The van der Waals surface area contributed by atoms with Crippen molar-refractivity contribution in [2.24, 2.45) is 0 Å². The van der Waals surface area contributed by atoms with E-state index >= 15 is 0 Å². The van der Waals surface area contributed by atoms with E-state index in [0.717, 1.165) is 30.4 Å². The molecule has 1 aliphatic rings. The summed E-state index contributed by atoms with van der Waals surface area (Å²) in [6.45, 7) is 0. The molecule has 1 saturated carbocycles. The van der Waals surface area contributed by atoms with Crippen molar-refractivity contribution >= 4 is 34.8 Å². The molecule has 2 nitrogen and oxygen atoms in total. The van der Waals surface area contributed by atoms with Crippen LogP contribution in [0.2, 0.25) is 10.0 Å². The number of hydrogen-bond acceptors (Lipinski definition) is 2. The minimum Gasteiger partial charge on any atom is -0.198 e. The molecule has 20 heavy (non-hydrogen) atoms. The van der Waals surface area contributed by atoms with Gasteiger partial charge >= 0.3 is 0 Å². The Bertz CT molecular complexity index is 594. The standard InChI is InChI=1S/C15H13Cl3N2/c16-5-1-2-10(8-19)11-6-12(14(18)7-13(11)17)15(9-20)3-4-15/h6-7,10H,1-5H2. The van der Waals surface area contributed by atoms with E-state index in [4.69, 9.17) is 34.8 Å². The number of benzene rings is 1. The Morgan fingerprint density at radius 2 is 1.90 bits per heavy atom. The van der Waals surface area contributed by atoms with E-state index in [-0.39, 0.29) is 5.92 Å². The minimum absolute atomic E-state index is 0.313. The largest absolute Gasteiger partial charge is 0.198 e. The molecular weight excluding hydrogens is 315 g/mol. The normalized spacial score (nSPS) is 17.1. The molecule has 1 aromatic carbocycles. The van der Waals surface area contributed by atoms with Crippen molar-refractivity contribution in [3.05, 3.63) is 33.3 Å². The molecule has 5 heteroatoms. The van der Waals surface area contributed by atoms with Gasteiger partial charge in [0.15, 0.2) is 0 Å². The van der Waals surface area contributed by atoms with Crippen LogP contribution in [0.15, 0.2) is 12.1 Å². The Labute approximate surface area is 133 Å². The molecule has 1 unspecified atom stereocenters. The highest BCUT2D eigenvalue weighted by molar-refractivity contribution is 6.35. The second kappa shape index (κ2) is 6.23. The van der Waals surface area contributed by atoms with E-state index in [1.54, 1.807) is 6.07 Å². The Hall–Kier alpha value is -0.930. The van der Waals surface area contributed by atoms with Crippen molar-refractivity contribution in [1.82, 2.24) is 0 Å². The van der Waals surface area contributed by atoms with Crippen LogP contribution < -0.4 is 0 Å². The molecule has 0 spiro atoms. The third-order valence-corrected chi connectivity index (χ3v) is 4.63. The van der Waals surface area contributed by atoms with Crippen LogP contribution in [0, 0.1) is 22.7 Å². The fourth-order valence-electron chi connectivity index (χ4n) is 2.34. The molecule has 2 rings (SSSR count). The number of rotatable bonds is 5. The fraction of sp³-hybridized carbons (Fsp3) is 0.467. The molecule has 0 radical (unpaired) electrons. The maximum absolute atomic E-state index is 9.32. The van der Waals surface area contributed by atoms with Gasteiger partial charge in [-0.25, -0.2) is 0 Å². The minimum atomic E-state index is -0.483. The first kappa shape index (κ1) is 15.5. The van der Waals surface area contributed by atoms with Crippen molar-refractivity contribution in [2.75, 3.05) is 5.88 Å². The lowest BCUT2D eigenvalue weighted by atomic mass is 9.89. The van der Waals surface area contributed by atoms with Gasteiger partial charge in [-0.15, -0.1) is 11.6 Å². The zero-order valence-corrected chi connectivity index (χ0v) is 13.1. The lowest BCUT2D eigenvalue weighted by Crippen LogP contribution is -2.07. The number of alkyl halides is 1. The predicted molar refractivity (Wildman–Crippen MR) is 81.3 cm³/mol. The monoisotopic (exact) mass is 326 g/mol. The van der Waals surface area contributed by atoms with Crippen molar-refractivity contribution in [3.8, 4) is 12.1 Å². The van der Waals surface area contributed by atoms with Crippen LogP contribution in [0.3, 0.4) is 0 Å². The van der Waals surface area contributed by atoms with Crippen molar-refractivity contribution in [1.29, 1.82) is 10.5 Å². The van der Waals surface area contributed by atoms with Gasteiger partial charge in [0.1, 0.15) is 0 Å². The first-order chi connectivity index (χ1) is 9.57. The molecule has 0 aliphatic heterocycles. The Morgan fingerprint density at radius 1 is 1.20 bits per heavy atom. The molecule has 1 fully saturated rings. The van der Waals surface area contributed by atoms with Crippen LogP contribution in [-0.4, -0.2) is 5.88 Å². The van der Waals surface area contributed by atoms with E-state index in [1.165, 1.54) is 0 Å². The Morgan fingerprint density at radius 3 is 2.40 bits per heavy atom. The highest BCUT2D eigenvalue weighted by Crippen LogP contribution is 2.51. The van der Waals surface area contributed by atoms with Gasteiger partial charge in [0.2, 0.25) is 0 Å². The van der Waals surface area contributed by atoms with Gasteiger partial charge < -0.3 is 0 Å². The van der Waals surface area contributed by atoms with Gasteiger partial charge in [-0.05, 0) is 48.9 Å². The van der Waals surface area contributed by atoms with Gasteiger partial charge in [-0.3, -0.25) is 0 Å². The van der Waals surface area contributed by atoms with Crippen LogP contribution in [0.4, 0.5) is 0 Å². The quantitative estimate of drug-likeness (QED) is 0.700. The Kier molecular flexibility index (Phi) is 4.82. The summed E-state index contributed by atoms with van der Waals surface area (Å²) in [5.41, 5.74) is 1.07. The summed E-state index contributed by atoms with van der Waals surface area (Å²) < 4.78 is 0. The number of nitrogens with zero attached hydrogens (tertiary/aromatic N) is 2. The SMILES string of the molecule is N#CC(CCCCl)c1cc(C2(C#N)CC2)c(Cl)cc1Cl. The number of halogens is 3. The molecular formula is C15H13Cl3N2. The van der Waals surface area contributed by atoms with Crippen LogP contribution in [-0.2, 0) is 5.41 Å². The average Bonchev–Trinajstić information content (AvgIpc) is 3.22. The summed E-state index contributed by atoms with van der Waals surface area (Å²) >= 11 is 18.1. The maximum atomic E-state index is 9.32. The zero-order chi connectivity index (χ0) is 14.8. The van der Waals surface area contributed by atoms with E-state index in [2.05, 4.69) is 12.1 Å². The molecule has 1 atom stereocenters. The summed E-state index contributed by atoms with van der Waals surface area (Å²) in [5, 5.41) is 19.6. The fourth-order valence-corrected chi connectivity index (χ4v) is 3.19. The van der Waals surface area contributed by atoms with E-state index in [1.807, 2.05) is 6.07 Å². The molecule has 0 bridgehead atoms. The van der Waals surface area contributed by atoms with E-state index in [9.17, 15) is 10.5 Å². The van der Waals surface area contributed by atoms with Gasteiger partial charge in [-0.2, -0.15) is 10.5 Å². The molecule has 0 aromatic heterocycles. The molecule has 1 aliphatic carbocycles. The van der Waals surface area contributed by atoms with E-state index in [0.29, 0.717) is 22.3 Å². The van der Waals surface area contributed by atoms with Gasteiger partial charge in [0.05, 0.1) is 23.5 Å². The van der Waals surface area contributed by atoms with Crippen molar-refractivity contribution < 1.29 is 0 Å². The second-order valence-corrected chi connectivity index (χ2v) is 6.25. The predicted octanol–water partition coefficient (Wildman–Crippen LogP) is 5.17. The molecule has 1 aromatic rings. The van der Waals surface area contributed by atoms with Gasteiger partial charge in [0, 0.05) is 15.9 Å². The number of nitriles is 2. The molecule has 0 N–H and O–H groups in total. The molecule has 0 saturated heterocycles. The van der Waals surface area contributed by atoms with Gasteiger partial charge in [-0.1, -0.05) is 23.2 Å². The van der Waals surface area contributed by atoms with Crippen LogP contribution in [0.1, 0.15) is 42.7 Å². The maximum Gasteiger partial charge on any atom is 0.0838 e. The zero-order valence-electron chi connectivity index (χ0n) is 10.8. The van der Waals surface area contributed by atoms with Gasteiger partial charge in [0.25, 0.3) is 0 Å². The smallest absolute Gasteiger partial charge is 0.0838 e. The lowest BCUT2D eigenvalue weighted by Gasteiger charge is -2.16. The summed E-state index contributed by atoms with van der Waals surface area (Å²) in [5.74, 6) is 0.199.